The normalized spacial score (nSPS) is 11.7. The summed E-state index contributed by atoms with van der Waals surface area (Å²) in [6, 6.07) is 8.52. The third-order valence-electron chi connectivity index (χ3n) is 3.00. The lowest BCUT2D eigenvalue weighted by Gasteiger charge is -2.16. The molecule has 22 heavy (non-hydrogen) atoms. The van der Waals surface area contributed by atoms with Gasteiger partial charge in [-0.2, -0.15) is 5.10 Å². The molecule has 0 saturated heterocycles. The average Bonchev–Trinajstić information content (AvgIpc) is 2.98. The first kappa shape index (κ1) is 15.6. The molecule has 1 atom stereocenters. The van der Waals surface area contributed by atoms with Gasteiger partial charge in [-0.25, -0.2) is 0 Å². The molecule has 1 aromatic carbocycles. The molecule has 7 nitrogen and oxygen atoms in total. The largest absolute Gasteiger partial charge is 0.480 e. The first-order valence-corrected chi connectivity index (χ1v) is 6.89. The number of amides is 1. The molecular formula is C15H18N4O3. The molecular weight excluding hydrogens is 284 g/mol. The molecule has 116 valence electrons. The van der Waals surface area contributed by atoms with Crippen LogP contribution in [0.1, 0.15) is 17.3 Å². The fourth-order valence-electron chi connectivity index (χ4n) is 2.04. The Bertz CT molecular complexity index is 640. The predicted molar refractivity (Wildman–Crippen MR) is 81.7 cm³/mol. The van der Waals surface area contributed by atoms with E-state index in [2.05, 4.69) is 15.7 Å². The van der Waals surface area contributed by atoms with Gasteiger partial charge in [-0.15, -0.1) is 0 Å². The van der Waals surface area contributed by atoms with E-state index in [1.54, 1.807) is 35.1 Å². The molecule has 0 spiro atoms. The molecule has 0 unspecified atom stereocenters. The second kappa shape index (κ2) is 7.26. The maximum Gasteiger partial charge on any atom is 0.322 e. The zero-order valence-corrected chi connectivity index (χ0v) is 12.2. The highest BCUT2D eigenvalue weighted by atomic mass is 16.4. The number of carboxylic acids is 1. The van der Waals surface area contributed by atoms with Gasteiger partial charge in [0.2, 0.25) is 0 Å². The van der Waals surface area contributed by atoms with E-state index in [1.165, 1.54) is 0 Å². The van der Waals surface area contributed by atoms with Crippen LogP contribution in [0, 0.1) is 0 Å². The van der Waals surface area contributed by atoms with E-state index in [9.17, 15) is 9.59 Å². The molecule has 1 aromatic heterocycles. The molecule has 0 saturated carbocycles. The van der Waals surface area contributed by atoms with Crippen molar-refractivity contribution < 1.29 is 14.7 Å². The van der Waals surface area contributed by atoms with Crippen molar-refractivity contribution in [2.24, 2.45) is 0 Å². The fraction of sp³-hybridized carbons (Fsp3) is 0.267. The smallest absolute Gasteiger partial charge is 0.322 e. The van der Waals surface area contributed by atoms with Crippen molar-refractivity contribution >= 4 is 17.6 Å². The van der Waals surface area contributed by atoms with Gasteiger partial charge < -0.3 is 15.7 Å². The van der Waals surface area contributed by atoms with Crippen molar-refractivity contribution in [2.75, 3.05) is 11.9 Å². The van der Waals surface area contributed by atoms with Gasteiger partial charge in [0, 0.05) is 24.1 Å². The maximum absolute atomic E-state index is 12.3. The van der Waals surface area contributed by atoms with E-state index in [-0.39, 0.29) is 18.5 Å². The molecule has 0 aliphatic heterocycles. The van der Waals surface area contributed by atoms with Crippen LogP contribution in [0.15, 0.2) is 42.7 Å². The Morgan fingerprint density at radius 1 is 1.32 bits per heavy atom. The van der Waals surface area contributed by atoms with Gasteiger partial charge in [-0.3, -0.25) is 14.3 Å². The number of para-hydroxylation sites is 1. The number of carbonyl (C=O) groups is 2. The summed E-state index contributed by atoms with van der Waals surface area (Å²) in [5.41, 5.74) is 0.907. The minimum atomic E-state index is -0.984. The Kier molecular flexibility index (Phi) is 5.13. The van der Waals surface area contributed by atoms with Crippen LogP contribution < -0.4 is 10.6 Å². The third-order valence-corrected chi connectivity index (χ3v) is 3.00. The van der Waals surface area contributed by atoms with Gasteiger partial charge in [0.15, 0.2) is 0 Å². The van der Waals surface area contributed by atoms with Gasteiger partial charge in [0.05, 0.1) is 12.1 Å². The number of aliphatic carboxylic acids is 1. The van der Waals surface area contributed by atoms with Crippen molar-refractivity contribution in [3.8, 4) is 0 Å². The van der Waals surface area contributed by atoms with E-state index < -0.39 is 5.97 Å². The number of hydrogen-bond donors (Lipinski definition) is 3. The van der Waals surface area contributed by atoms with E-state index in [0.29, 0.717) is 17.8 Å². The van der Waals surface area contributed by atoms with E-state index >= 15 is 0 Å². The summed E-state index contributed by atoms with van der Waals surface area (Å²) in [5.74, 6) is -1.24. The second-order valence-corrected chi connectivity index (χ2v) is 4.90. The first-order valence-electron chi connectivity index (χ1n) is 6.89. The van der Waals surface area contributed by atoms with Crippen LogP contribution in [0.3, 0.4) is 0 Å². The summed E-state index contributed by atoms with van der Waals surface area (Å²) in [6.07, 6.45) is 3.50. The molecule has 0 radical (unpaired) electrons. The Morgan fingerprint density at radius 3 is 2.77 bits per heavy atom. The number of carbonyl (C=O) groups excluding carboxylic acids is 1. The minimum Gasteiger partial charge on any atom is -0.480 e. The molecule has 7 heteroatoms. The number of anilines is 1. The molecule has 3 N–H and O–H groups in total. The standard InChI is InChI=1S/C15H18N4O3/c1-11(10-19-8-4-7-17-19)18-15(22)12-5-2-3-6-13(12)16-9-14(20)21/h2-8,11,16H,9-10H2,1H3,(H,18,22)(H,20,21)/t11-/m1/s1. The number of benzene rings is 1. The third kappa shape index (κ3) is 4.34. The number of rotatable bonds is 7. The summed E-state index contributed by atoms with van der Waals surface area (Å²) >= 11 is 0. The molecule has 0 fully saturated rings. The summed E-state index contributed by atoms with van der Waals surface area (Å²) in [6.45, 7) is 2.20. The highest BCUT2D eigenvalue weighted by Gasteiger charge is 2.14. The van der Waals surface area contributed by atoms with Crippen molar-refractivity contribution in [1.29, 1.82) is 0 Å². The summed E-state index contributed by atoms with van der Waals surface area (Å²) in [4.78, 5) is 23.0. The van der Waals surface area contributed by atoms with E-state index in [1.807, 2.05) is 19.2 Å². The Labute approximate surface area is 128 Å². The Balaban J connectivity index is 2.01. The maximum atomic E-state index is 12.3. The van der Waals surface area contributed by atoms with Gasteiger partial charge in [-0.1, -0.05) is 12.1 Å². The summed E-state index contributed by atoms with van der Waals surface area (Å²) in [7, 11) is 0. The quantitative estimate of drug-likeness (QED) is 0.714. The SMILES string of the molecule is C[C@H](Cn1cccn1)NC(=O)c1ccccc1NCC(=O)O. The zero-order valence-electron chi connectivity index (χ0n) is 12.2. The van der Waals surface area contributed by atoms with E-state index in [0.717, 1.165) is 0 Å². The molecule has 2 rings (SSSR count). The molecule has 0 aliphatic carbocycles. The lowest BCUT2D eigenvalue weighted by atomic mass is 10.1. The predicted octanol–water partition coefficient (Wildman–Crippen LogP) is 1.20. The first-order chi connectivity index (χ1) is 10.6. The van der Waals surface area contributed by atoms with Crippen LogP contribution in [0.5, 0.6) is 0 Å². The Morgan fingerprint density at radius 2 is 2.09 bits per heavy atom. The summed E-state index contributed by atoms with van der Waals surface area (Å²) in [5, 5.41) is 18.4. The van der Waals surface area contributed by atoms with Gasteiger partial charge >= 0.3 is 5.97 Å². The number of hydrogen-bond acceptors (Lipinski definition) is 4. The molecule has 1 amide bonds. The van der Waals surface area contributed by atoms with Gasteiger partial charge in [-0.05, 0) is 25.1 Å². The number of aromatic nitrogens is 2. The molecule has 0 bridgehead atoms. The second-order valence-electron chi connectivity index (χ2n) is 4.90. The average molecular weight is 302 g/mol. The summed E-state index contributed by atoms with van der Waals surface area (Å²) < 4.78 is 1.74. The number of nitrogens with one attached hydrogen (secondary N) is 2. The highest BCUT2D eigenvalue weighted by molar-refractivity contribution is 6.00. The minimum absolute atomic E-state index is 0.111. The van der Waals surface area contributed by atoms with Crippen LogP contribution in [-0.2, 0) is 11.3 Å². The van der Waals surface area contributed by atoms with Crippen molar-refractivity contribution in [2.45, 2.75) is 19.5 Å². The van der Waals surface area contributed by atoms with Crippen molar-refractivity contribution in [3.63, 3.8) is 0 Å². The van der Waals surface area contributed by atoms with E-state index in [4.69, 9.17) is 5.11 Å². The lowest BCUT2D eigenvalue weighted by Crippen LogP contribution is -2.36. The van der Waals surface area contributed by atoms with Gasteiger partial charge in [0.25, 0.3) is 5.91 Å². The topological polar surface area (TPSA) is 96.3 Å². The van der Waals surface area contributed by atoms with Crippen LogP contribution >= 0.6 is 0 Å². The van der Waals surface area contributed by atoms with Gasteiger partial charge in [0.1, 0.15) is 6.54 Å². The fourth-order valence-corrected chi connectivity index (χ4v) is 2.04. The highest BCUT2D eigenvalue weighted by Crippen LogP contribution is 2.14. The Hall–Kier alpha value is -2.83. The molecule has 0 aliphatic rings. The zero-order chi connectivity index (χ0) is 15.9. The number of carboxylic acid groups (broad SMARTS) is 1. The van der Waals surface area contributed by atoms with Crippen LogP contribution in [0.2, 0.25) is 0 Å². The molecule has 2 aromatic rings. The van der Waals surface area contributed by atoms with Crippen LogP contribution in [0.4, 0.5) is 5.69 Å². The van der Waals surface area contributed by atoms with Crippen LogP contribution in [-0.4, -0.2) is 39.4 Å². The number of nitrogens with zero attached hydrogens (tertiary/aromatic N) is 2. The lowest BCUT2D eigenvalue weighted by molar-refractivity contribution is -0.134. The van der Waals surface area contributed by atoms with Crippen molar-refractivity contribution in [3.05, 3.63) is 48.3 Å². The van der Waals surface area contributed by atoms with Crippen molar-refractivity contribution in [1.82, 2.24) is 15.1 Å². The monoisotopic (exact) mass is 302 g/mol. The molecule has 1 heterocycles. The van der Waals surface area contributed by atoms with Crippen LogP contribution in [0.25, 0.3) is 0 Å².